The molecular weight excluding hydrogens is 439 g/mol. The Morgan fingerprint density at radius 1 is 1.30 bits per heavy atom. The second-order valence-corrected chi connectivity index (χ2v) is 6.72. The van der Waals surface area contributed by atoms with E-state index in [0.717, 1.165) is 0 Å². The SMILES string of the molecule is CC(C)c1cc(Oc2c(Cl)cc(N/N=C(/C#N)C(=O)OC(N)=O)cc2Cl)n[nH]c1=O. The number of aromatic nitrogens is 2. The number of carbonyl (C=O) groups excluding carboxylic acids is 2. The summed E-state index contributed by atoms with van der Waals surface area (Å²) in [5.41, 5.74) is 6.64. The van der Waals surface area contributed by atoms with Crippen LogP contribution in [0.2, 0.25) is 10.0 Å². The molecule has 0 spiro atoms. The van der Waals surface area contributed by atoms with Gasteiger partial charge in [-0.25, -0.2) is 14.7 Å². The lowest BCUT2D eigenvalue weighted by Gasteiger charge is -2.12. The average Bonchev–Trinajstić information content (AvgIpc) is 2.65. The Labute approximate surface area is 179 Å². The topological polar surface area (TPSA) is 173 Å². The van der Waals surface area contributed by atoms with E-state index in [4.69, 9.17) is 38.9 Å². The second-order valence-electron chi connectivity index (χ2n) is 5.91. The van der Waals surface area contributed by atoms with E-state index >= 15 is 0 Å². The number of hydrogen-bond donors (Lipinski definition) is 3. The van der Waals surface area contributed by atoms with Gasteiger partial charge in [0.05, 0.1) is 15.7 Å². The van der Waals surface area contributed by atoms with Crippen LogP contribution >= 0.6 is 23.2 Å². The number of nitriles is 1. The summed E-state index contributed by atoms with van der Waals surface area (Å²) in [5.74, 6) is -1.28. The molecule has 1 amide bonds. The molecule has 0 saturated carbocycles. The molecule has 0 fully saturated rings. The van der Waals surface area contributed by atoms with Crippen molar-refractivity contribution in [2.45, 2.75) is 19.8 Å². The van der Waals surface area contributed by atoms with Crippen molar-refractivity contribution in [1.82, 2.24) is 10.2 Å². The maximum atomic E-state index is 11.8. The number of benzene rings is 1. The lowest BCUT2D eigenvalue weighted by Crippen LogP contribution is -2.24. The highest BCUT2D eigenvalue weighted by atomic mass is 35.5. The Morgan fingerprint density at radius 2 is 1.93 bits per heavy atom. The van der Waals surface area contributed by atoms with Crippen LogP contribution in [0.5, 0.6) is 11.6 Å². The van der Waals surface area contributed by atoms with Crippen LogP contribution in [-0.4, -0.2) is 28.0 Å². The number of primary amides is 1. The molecule has 30 heavy (non-hydrogen) atoms. The summed E-state index contributed by atoms with van der Waals surface area (Å²) in [6.45, 7) is 3.67. The summed E-state index contributed by atoms with van der Waals surface area (Å²) in [7, 11) is 0. The van der Waals surface area contributed by atoms with Crippen LogP contribution in [0.25, 0.3) is 0 Å². The Hall–Kier alpha value is -3.62. The summed E-state index contributed by atoms with van der Waals surface area (Å²) in [6.07, 6.45) is -1.38. The van der Waals surface area contributed by atoms with Gasteiger partial charge in [-0.15, -0.1) is 5.10 Å². The van der Waals surface area contributed by atoms with Crippen LogP contribution in [0, 0.1) is 11.3 Å². The zero-order valence-corrected chi connectivity index (χ0v) is 17.0. The minimum atomic E-state index is -1.38. The number of amides is 1. The molecule has 1 heterocycles. The maximum absolute atomic E-state index is 11.8. The Bertz CT molecular complexity index is 1100. The molecular formula is C17H14Cl2N6O5. The van der Waals surface area contributed by atoms with Gasteiger partial charge in [0.2, 0.25) is 11.6 Å². The summed E-state index contributed by atoms with van der Waals surface area (Å²) >= 11 is 12.4. The van der Waals surface area contributed by atoms with Gasteiger partial charge in [0.1, 0.15) is 6.07 Å². The summed E-state index contributed by atoms with van der Waals surface area (Å²) in [6, 6.07) is 5.60. The quantitative estimate of drug-likeness (QED) is 0.259. The Morgan fingerprint density at radius 3 is 2.47 bits per heavy atom. The maximum Gasteiger partial charge on any atom is 0.412 e. The van der Waals surface area contributed by atoms with Gasteiger partial charge in [0, 0.05) is 11.6 Å². The molecule has 0 unspecified atom stereocenters. The van der Waals surface area contributed by atoms with Crippen molar-refractivity contribution in [1.29, 1.82) is 5.26 Å². The molecule has 0 aliphatic carbocycles. The van der Waals surface area contributed by atoms with Crippen molar-refractivity contribution in [3.63, 3.8) is 0 Å². The van der Waals surface area contributed by atoms with Gasteiger partial charge in [0.25, 0.3) is 5.56 Å². The van der Waals surface area contributed by atoms with Crippen LogP contribution in [0.3, 0.4) is 0 Å². The van der Waals surface area contributed by atoms with Crippen molar-refractivity contribution >= 4 is 46.7 Å². The number of halogens is 2. The molecule has 11 nitrogen and oxygen atoms in total. The second kappa shape index (κ2) is 9.73. The third-order valence-electron chi connectivity index (χ3n) is 3.43. The fourth-order valence-electron chi connectivity index (χ4n) is 2.09. The number of anilines is 1. The first-order valence-electron chi connectivity index (χ1n) is 8.14. The van der Waals surface area contributed by atoms with Crippen molar-refractivity contribution in [3.05, 3.63) is 44.2 Å². The number of H-pyrrole nitrogens is 1. The minimum Gasteiger partial charge on any atom is -0.434 e. The molecule has 0 radical (unpaired) electrons. The van der Waals surface area contributed by atoms with E-state index in [-0.39, 0.29) is 38.8 Å². The predicted octanol–water partition coefficient (Wildman–Crippen LogP) is 2.91. The highest BCUT2D eigenvalue weighted by molar-refractivity contribution is 6.44. The molecule has 1 aromatic heterocycles. The van der Waals surface area contributed by atoms with Crippen LogP contribution in [0.4, 0.5) is 10.5 Å². The molecule has 0 bridgehead atoms. The first-order valence-corrected chi connectivity index (χ1v) is 8.89. The average molecular weight is 453 g/mol. The van der Waals surface area contributed by atoms with E-state index in [9.17, 15) is 14.4 Å². The van der Waals surface area contributed by atoms with E-state index in [2.05, 4.69) is 25.5 Å². The van der Waals surface area contributed by atoms with Gasteiger partial charge < -0.3 is 15.2 Å². The number of hydrazone groups is 1. The summed E-state index contributed by atoms with van der Waals surface area (Å²) in [4.78, 5) is 33.8. The molecule has 0 atom stereocenters. The fourth-order valence-corrected chi connectivity index (χ4v) is 2.65. The molecule has 0 aliphatic heterocycles. The first kappa shape index (κ1) is 22.7. The number of nitrogens with zero attached hydrogens (tertiary/aromatic N) is 3. The van der Waals surface area contributed by atoms with Crippen molar-refractivity contribution < 1.29 is 19.1 Å². The van der Waals surface area contributed by atoms with Crippen LogP contribution in [-0.2, 0) is 9.53 Å². The zero-order chi connectivity index (χ0) is 22.4. The Balaban J connectivity index is 2.26. The van der Waals surface area contributed by atoms with Gasteiger partial charge in [-0.05, 0) is 18.1 Å². The third-order valence-corrected chi connectivity index (χ3v) is 3.99. The standard InChI is InChI=1S/C17H14Cl2N6O5/c1-7(2)9-5-13(24-25-15(9)26)29-14-10(18)3-8(4-11(14)19)22-23-12(6-20)16(27)30-17(21)28/h3-5,7,22H,1-2H3,(H2,21,28)(H,25,26)/b23-12-. The van der Waals surface area contributed by atoms with Crippen molar-refractivity contribution in [2.75, 3.05) is 5.43 Å². The molecule has 156 valence electrons. The number of carbonyl (C=O) groups is 2. The van der Waals surface area contributed by atoms with Crippen LogP contribution in [0.15, 0.2) is 28.1 Å². The highest BCUT2D eigenvalue weighted by Crippen LogP contribution is 2.38. The highest BCUT2D eigenvalue weighted by Gasteiger charge is 2.17. The number of esters is 1. The van der Waals surface area contributed by atoms with Gasteiger partial charge in [-0.1, -0.05) is 37.0 Å². The first-order chi connectivity index (χ1) is 14.1. The zero-order valence-electron chi connectivity index (χ0n) is 15.5. The number of ether oxygens (including phenoxy) is 2. The molecule has 13 heteroatoms. The smallest absolute Gasteiger partial charge is 0.412 e. The predicted molar refractivity (Wildman–Crippen MR) is 108 cm³/mol. The van der Waals surface area contributed by atoms with Gasteiger partial charge in [-0.2, -0.15) is 10.4 Å². The number of aromatic amines is 1. The minimum absolute atomic E-state index is 0.0394. The van der Waals surface area contributed by atoms with Gasteiger partial charge in [-0.3, -0.25) is 10.2 Å². The van der Waals surface area contributed by atoms with E-state index in [1.165, 1.54) is 24.3 Å². The monoisotopic (exact) mass is 452 g/mol. The largest absolute Gasteiger partial charge is 0.434 e. The van der Waals surface area contributed by atoms with Crippen molar-refractivity contribution in [2.24, 2.45) is 10.8 Å². The number of nitrogens with two attached hydrogens (primary N) is 1. The number of nitrogens with one attached hydrogen (secondary N) is 2. The molecule has 2 rings (SSSR count). The van der Waals surface area contributed by atoms with Gasteiger partial charge in [0.15, 0.2) is 5.75 Å². The number of hydrogen-bond acceptors (Lipinski definition) is 9. The third kappa shape index (κ3) is 5.69. The van der Waals surface area contributed by atoms with E-state index in [1.807, 2.05) is 13.8 Å². The van der Waals surface area contributed by atoms with Crippen molar-refractivity contribution in [3.8, 4) is 17.7 Å². The van der Waals surface area contributed by atoms with Crippen LogP contribution in [0.1, 0.15) is 25.3 Å². The van der Waals surface area contributed by atoms with E-state index in [1.54, 1.807) is 0 Å². The van der Waals surface area contributed by atoms with E-state index in [0.29, 0.717) is 5.56 Å². The summed E-state index contributed by atoms with van der Waals surface area (Å²) in [5, 5.41) is 18.6. The molecule has 2 aromatic rings. The van der Waals surface area contributed by atoms with E-state index < -0.39 is 17.8 Å². The van der Waals surface area contributed by atoms with Crippen LogP contribution < -0.4 is 21.5 Å². The number of rotatable bonds is 6. The molecule has 0 aliphatic rings. The summed E-state index contributed by atoms with van der Waals surface area (Å²) < 4.78 is 9.64. The normalized spacial score (nSPS) is 11.0. The lowest BCUT2D eigenvalue weighted by molar-refractivity contribution is -0.129. The lowest BCUT2D eigenvalue weighted by atomic mass is 10.1. The Kier molecular flexibility index (Phi) is 7.35. The fraction of sp³-hybridized carbons (Fsp3) is 0.176. The molecule has 1 aromatic carbocycles. The molecule has 4 N–H and O–H groups in total. The molecule has 0 saturated heterocycles. The van der Waals surface area contributed by atoms with Gasteiger partial charge >= 0.3 is 12.1 Å².